The molecule has 0 saturated heterocycles. The van der Waals surface area contributed by atoms with Crippen molar-refractivity contribution in [3.05, 3.63) is 48.0 Å². The van der Waals surface area contributed by atoms with E-state index < -0.39 is 0 Å². The average Bonchev–Trinajstić information content (AvgIpc) is 3.29. The van der Waals surface area contributed by atoms with Gasteiger partial charge in [0.05, 0.1) is 11.4 Å². The molecule has 0 aliphatic heterocycles. The van der Waals surface area contributed by atoms with Gasteiger partial charge in [-0.1, -0.05) is 18.9 Å². The van der Waals surface area contributed by atoms with Crippen molar-refractivity contribution in [2.75, 3.05) is 12.4 Å². The molecule has 1 N–H and O–H groups in total. The zero-order valence-electron chi connectivity index (χ0n) is 15.7. The maximum Gasteiger partial charge on any atom is 0.126 e. The van der Waals surface area contributed by atoms with Gasteiger partial charge in [-0.05, 0) is 44.0 Å². The number of anilines is 1. The van der Waals surface area contributed by atoms with Crippen molar-refractivity contribution in [1.29, 1.82) is 0 Å². The zero-order chi connectivity index (χ0) is 18.1. The summed E-state index contributed by atoms with van der Waals surface area (Å²) < 4.78 is 2.27. The van der Waals surface area contributed by atoms with E-state index >= 15 is 0 Å². The van der Waals surface area contributed by atoms with Crippen LogP contribution in [0.25, 0.3) is 22.6 Å². The molecule has 0 spiro atoms. The summed E-state index contributed by atoms with van der Waals surface area (Å²) in [5.41, 5.74) is 5.13. The van der Waals surface area contributed by atoms with E-state index in [9.17, 15) is 0 Å². The number of hydrogen-bond acceptors (Lipinski definition) is 4. The van der Waals surface area contributed by atoms with Crippen molar-refractivity contribution in [2.45, 2.75) is 38.5 Å². The maximum absolute atomic E-state index is 5.09. The Morgan fingerprint density at radius 2 is 1.92 bits per heavy atom. The molecule has 0 unspecified atom stereocenters. The molecule has 1 fully saturated rings. The quantitative estimate of drug-likeness (QED) is 0.752. The second kappa shape index (κ2) is 6.90. The number of imidazole rings is 1. The summed E-state index contributed by atoms with van der Waals surface area (Å²) in [7, 11) is 4.02. The van der Waals surface area contributed by atoms with Crippen LogP contribution in [0.15, 0.2) is 36.5 Å². The predicted octanol–water partition coefficient (Wildman–Crippen LogP) is 4.55. The summed E-state index contributed by atoms with van der Waals surface area (Å²) in [5, 5.41) is 3.13. The normalized spacial score (nSPS) is 14.7. The third-order valence-corrected chi connectivity index (χ3v) is 5.27. The first-order valence-electron chi connectivity index (χ1n) is 9.32. The van der Waals surface area contributed by atoms with Crippen LogP contribution in [0.4, 0.5) is 5.82 Å². The van der Waals surface area contributed by atoms with Gasteiger partial charge in [0.1, 0.15) is 17.3 Å². The molecular weight excluding hydrogens is 322 g/mol. The van der Waals surface area contributed by atoms with Crippen LogP contribution >= 0.6 is 0 Å². The highest BCUT2D eigenvalue weighted by molar-refractivity contribution is 5.78. The first-order chi connectivity index (χ1) is 12.7. The highest BCUT2D eigenvalue weighted by atomic mass is 15.1. The van der Waals surface area contributed by atoms with Crippen molar-refractivity contribution >= 4 is 5.82 Å². The molecule has 26 heavy (non-hydrogen) atoms. The third-order valence-electron chi connectivity index (χ3n) is 5.27. The Morgan fingerprint density at radius 3 is 2.65 bits per heavy atom. The summed E-state index contributed by atoms with van der Waals surface area (Å²) in [5.74, 6) is 2.58. The first kappa shape index (κ1) is 16.8. The number of aryl methyl sites for hydroxylation is 1. The fourth-order valence-electron chi connectivity index (χ4n) is 3.96. The van der Waals surface area contributed by atoms with Crippen molar-refractivity contribution in [3.8, 4) is 22.6 Å². The van der Waals surface area contributed by atoms with Crippen LogP contribution in [0.1, 0.15) is 43.1 Å². The van der Waals surface area contributed by atoms with Crippen LogP contribution < -0.4 is 5.32 Å². The fourth-order valence-corrected chi connectivity index (χ4v) is 3.96. The SMILES string of the molecule is CNc1cc(-c2c(-c3cccc(C)n3)nc(C3CCCC3)n2C)ccn1. The van der Waals surface area contributed by atoms with Crippen LogP contribution in [0, 0.1) is 6.92 Å². The zero-order valence-corrected chi connectivity index (χ0v) is 15.7. The number of aromatic nitrogens is 4. The standard InChI is InChI=1S/C21H25N5/c1-14-7-6-10-17(24-14)19-20(16-11-12-23-18(13-16)22-2)26(3)21(25-19)15-8-4-5-9-15/h6-7,10-13,15H,4-5,8-9H2,1-3H3,(H,22,23). The lowest BCUT2D eigenvalue weighted by Gasteiger charge is -2.12. The van der Waals surface area contributed by atoms with E-state index in [0.29, 0.717) is 5.92 Å². The first-order valence-corrected chi connectivity index (χ1v) is 9.32. The van der Waals surface area contributed by atoms with Gasteiger partial charge < -0.3 is 9.88 Å². The van der Waals surface area contributed by atoms with Crippen LogP contribution in [0.2, 0.25) is 0 Å². The van der Waals surface area contributed by atoms with Gasteiger partial charge in [0.25, 0.3) is 0 Å². The van der Waals surface area contributed by atoms with E-state index in [-0.39, 0.29) is 0 Å². The van der Waals surface area contributed by atoms with E-state index in [1.165, 1.54) is 31.5 Å². The number of rotatable bonds is 4. The number of hydrogen-bond donors (Lipinski definition) is 1. The Kier molecular flexibility index (Phi) is 4.45. The molecule has 1 saturated carbocycles. The molecule has 1 aliphatic rings. The van der Waals surface area contributed by atoms with Crippen molar-refractivity contribution in [2.24, 2.45) is 7.05 Å². The second-order valence-corrected chi connectivity index (χ2v) is 7.05. The summed E-state index contributed by atoms with van der Waals surface area (Å²) in [6, 6.07) is 10.3. The van der Waals surface area contributed by atoms with Crippen LogP contribution in [-0.4, -0.2) is 26.6 Å². The van der Waals surface area contributed by atoms with Crippen molar-refractivity contribution in [1.82, 2.24) is 19.5 Å². The molecule has 3 heterocycles. The van der Waals surface area contributed by atoms with E-state index in [2.05, 4.69) is 46.2 Å². The lowest BCUT2D eigenvalue weighted by molar-refractivity contribution is 0.634. The predicted molar refractivity (Wildman–Crippen MR) is 105 cm³/mol. The molecule has 5 heteroatoms. The maximum atomic E-state index is 5.09. The number of nitrogens with one attached hydrogen (secondary N) is 1. The van der Waals surface area contributed by atoms with Crippen LogP contribution in [0.3, 0.4) is 0 Å². The van der Waals surface area contributed by atoms with Gasteiger partial charge in [-0.3, -0.25) is 4.98 Å². The van der Waals surface area contributed by atoms with Gasteiger partial charge in [0, 0.05) is 37.5 Å². The van der Waals surface area contributed by atoms with Gasteiger partial charge in [-0.2, -0.15) is 0 Å². The monoisotopic (exact) mass is 347 g/mol. The van der Waals surface area contributed by atoms with Gasteiger partial charge in [-0.25, -0.2) is 9.97 Å². The summed E-state index contributed by atoms with van der Waals surface area (Å²) in [4.78, 5) is 14.2. The molecule has 0 aromatic carbocycles. The Labute approximate surface area is 154 Å². The van der Waals surface area contributed by atoms with E-state index in [1.54, 1.807) is 0 Å². The Hall–Kier alpha value is -2.69. The fraction of sp³-hybridized carbons (Fsp3) is 0.381. The van der Waals surface area contributed by atoms with Crippen molar-refractivity contribution in [3.63, 3.8) is 0 Å². The molecule has 4 rings (SSSR count). The Bertz CT molecular complexity index is 922. The smallest absolute Gasteiger partial charge is 0.126 e. The summed E-state index contributed by atoms with van der Waals surface area (Å²) >= 11 is 0. The largest absolute Gasteiger partial charge is 0.373 e. The van der Waals surface area contributed by atoms with Crippen LogP contribution in [0.5, 0.6) is 0 Å². The molecule has 0 bridgehead atoms. The minimum Gasteiger partial charge on any atom is -0.373 e. The number of nitrogens with zero attached hydrogens (tertiary/aromatic N) is 4. The molecule has 134 valence electrons. The lowest BCUT2D eigenvalue weighted by Crippen LogP contribution is -2.04. The van der Waals surface area contributed by atoms with Gasteiger partial charge >= 0.3 is 0 Å². The van der Waals surface area contributed by atoms with E-state index in [0.717, 1.165) is 34.2 Å². The minimum atomic E-state index is 0.544. The van der Waals surface area contributed by atoms with Crippen LogP contribution in [-0.2, 0) is 7.05 Å². The molecule has 3 aromatic rings. The highest BCUT2D eigenvalue weighted by Crippen LogP contribution is 2.39. The van der Waals surface area contributed by atoms with Gasteiger partial charge in [0.15, 0.2) is 0 Å². The third kappa shape index (κ3) is 2.98. The second-order valence-electron chi connectivity index (χ2n) is 7.05. The Balaban J connectivity index is 1.92. The van der Waals surface area contributed by atoms with Gasteiger partial charge in [-0.15, -0.1) is 0 Å². The topological polar surface area (TPSA) is 55.6 Å². The average molecular weight is 347 g/mol. The Morgan fingerprint density at radius 1 is 1.12 bits per heavy atom. The van der Waals surface area contributed by atoms with Crippen molar-refractivity contribution < 1.29 is 0 Å². The van der Waals surface area contributed by atoms with E-state index in [1.807, 2.05) is 26.2 Å². The molecule has 1 aliphatic carbocycles. The molecule has 0 radical (unpaired) electrons. The summed E-state index contributed by atoms with van der Waals surface area (Å²) in [6.45, 7) is 2.02. The number of pyridine rings is 2. The molecule has 3 aromatic heterocycles. The molecule has 0 amide bonds. The molecule has 0 atom stereocenters. The molecule has 5 nitrogen and oxygen atoms in total. The highest BCUT2D eigenvalue weighted by Gasteiger charge is 2.26. The summed E-state index contributed by atoms with van der Waals surface area (Å²) in [6.07, 6.45) is 6.89. The minimum absolute atomic E-state index is 0.544. The van der Waals surface area contributed by atoms with Gasteiger partial charge in [0.2, 0.25) is 0 Å². The molecular formula is C21H25N5. The lowest BCUT2D eigenvalue weighted by atomic mass is 10.1. The van der Waals surface area contributed by atoms with E-state index in [4.69, 9.17) is 9.97 Å².